The van der Waals surface area contributed by atoms with Gasteiger partial charge in [0.05, 0.1) is 5.69 Å². The third-order valence-electron chi connectivity index (χ3n) is 3.82. The number of piperazine rings is 1. The predicted molar refractivity (Wildman–Crippen MR) is 68.0 cm³/mol. The zero-order valence-corrected chi connectivity index (χ0v) is 11.4. The van der Waals surface area contributed by atoms with Gasteiger partial charge < -0.3 is 9.84 Å². The largest absolute Gasteiger partial charge is 0.361 e. The summed E-state index contributed by atoms with van der Waals surface area (Å²) in [5, 5.41) is 7.57. The van der Waals surface area contributed by atoms with E-state index in [9.17, 15) is 0 Å². The van der Waals surface area contributed by atoms with Crippen molar-refractivity contribution in [1.29, 1.82) is 0 Å². The molecule has 3 unspecified atom stereocenters. The van der Waals surface area contributed by atoms with E-state index in [4.69, 9.17) is 4.52 Å². The molecule has 1 N–H and O–H groups in total. The summed E-state index contributed by atoms with van der Waals surface area (Å²) in [6.07, 6.45) is 0. The van der Waals surface area contributed by atoms with E-state index >= 15 is 0 Å². The number of aromatic nitrogens is 1. The summed E-state index contributed by atoms with van der Waals surface area (Å²) in [5.41, 5.74) is 2.28. The molecule has 1 aromatic heterocycles. The predicted octanol–water partition coefficient (Wildman–Crippen LogP) is 2.03. The second-order valence-electron chi connectivity index (χ2n) is 5.27. The van der Waals surface area contributed by atoms with Crippen molar-refractivity contribution in [2.45, 2.75) is 52.7 Å². The minimum absolute atomic E-state index is 0.376. The van der Waals surface area contributed by atoms with E-state index in [0.29, 0.717) is 18.1 Å². The summed E-state index contributed by atoms with van der Waals surface area (Å²) < 4.78 is 5.28. The van der Waals surface area contributed by atoms with E-state index in [1.54, 1.807) is 0 Å². The Kier molecular flexibility index (Phi) is 3.54. The first-order valence-electron chi connectivity index (χ1n) is 6.42. The van der Waals surface area contributed by atoms with Crippen LogP contribution in [0, 0.1) is 13.8 Å². The fourth-order valence-electron chi connectivity index (χ4n) is 2.84. The highest BCUT2D eigenvalue weighted by molar-refractivity contribution is 5.25. The highest BCUT2D eigenvalue weighted by Crippen LogP contribution is 2.29. The molecule has 1 aromatic rings. The first kappa shape index (κ1) is 12.6. The third kappa shape index (κ3) is 2.38. The maximum absolute atomic E-state index is 5.28. The highest BCUT2D eigenvalue weighted by Gasteiger charge is 2.30. The van der Waals surface area contributed by atoms with E-state index in [1.165, 1.54) is 5.56 Å². The maximum atomic E-state index is 5.28. The molecule has 1 fully saturated rings. The van der Waals surface area contributed by atoms with E-state index in [1.807, 2.05) is 13.8 Å². The van der Waals surface area contributed by atoms with Gasteiger partial charge in [-0.3, -0.25) is 4.90 Å². The van der Waals surface area contributed by atoms with Gasteiger partial charge in [-0.25, -0.2) is 0 Å². The van der Waals surface area contributed by atoms with Crippen molar-refractivity contribution < 1.29 is 4.52 Å². The van der Waals surface area contributed by atoms with Gasteiger partial charge in [-0.2, -0.15) is 0 Å². The quantitative estimate of drug-likeness (QED) is 0.854. The van der Waals surface area contributed by atoms with Crippen LogP contribution in [0.2, 0.25) is 0 Å². The van der Waals surface area contributed by atoms with Gasteiger partial charge in [-0.1, -0.05) is 5.16 Å². The number of aryl methyl sites for hydroxylation is 2. The maximum Gasteiger partial charge on any atom is 0.138 e. The Morgan fingerprint density at radius 2 is 2.12 bits per heavy atom. The van der Waals surface area contributed by atoms with Gasteiger partial charge in [0.15, 0.2) is 0 Å². The van der Waals surface area contributed by atoms with Crippen LogP contribution in [0.3, 0.4) is 0 Å². The van der Waals surface area contributed by atoms with Gasteiger partial charge in [0.1, 0.15) is 5.76 Å². The van der Waals surface area contributed by atoms with E-state index in [0.717, 1.165) is 24.5 Å². The normalized spacial score (nSPS) is 28.3. The molecular weight excluding hydrogens is 214 g/mol. The monoisotopic (exact) mass is 237 g/mol. The highest BCUT2D eigenvalue weighted by atomic mass is 16.5. The molecule has 17 heavy (non-hydrogen) atoms. The molecule has 0 saturated carbocycles. The van der Waals surface area contributed by atoms with Crippen LogP contribution in [0.1, 0.15) is 43.8 Å². The Morgan fingerprint density at radius 1 is 1.41 bits per heavy atom. The molecule has 2 rings (SSSR count). The van der Waals surface area contributed by atoms with Crippen LogP contribution < -0.4 is 5.32 Å². The lowest BCUT2D eigenvalue weighted by atomic mass is 10.0. The van der Waals surface area contributed by atoms with Gasteiger partial charge in [-0.15, -0.1) is 0 Å². The topological polar surface area (TPSA) is 41.3 Å². The summed E-state index contributed by atoms with van der Waals surface area (Å²) >= 11 is 0. The van der Waals surface area contributed by atoms with Crippen LogP contribution in [0.4, 0.5) is 0 Å². The second-order valence-corrected chi connectivity index (χ2v) is 5.27. The first-order chi connectivity index (χ1) is 8.00. The van der Waals surface area contributed by atoms with Gasteiger partial charge in [0, 0.05) is 36.8 Å². The minimum Gasteiger partial charge on any atom is -0.361 e. The van der Waals surface area contributed by atoms with Crippen LogP contribution in [-0.4, -0.2) is 35.2 Å². The Hall–Kier alpha value is -0.870. The molecule has 3 atom stereocenters. The Morgan fingerprint density at radius 3 is 2.71 bits per heavy atom. The van der Waals surface area contributed by atoms with Crippen molar-refractivity contribution in [2.24, 2.45) is 0 Å². The lowest BCUT2D eigenvalue weighted by Gasteiger charge is -2.41. The van der Waals surface area contributed by atoms with Crippen molar-refractivity contribution in [2.75, 3.05) is 13.1 Å². The van der Waals surface area contributed by atoms with Crippen LogP contribution in [0.15, 0.2) is 4.52 Å². The molecular formula is C13H23N3O. The Bertz CT molecular complexity index is 369. The molecule has 2 heterocycles. The number of nitrogens with zero attached hydrogens (tertiary/aromatic N) is 2. The summed E-state index contributed by atoms with van der Waals surface area (Å²) in [6, 6.07) is 1.48. The van der Waals surface area contributed by atoms with Gasteiger partial charge >= 0.3 is 0 Å². The van der Waals surface area contributed by atoms with Crippen molar-refractivity contribution >= 4 is 0 Å². The number of hydrogen-bond donors (Lipinski definition) is 1. The lowest BCUT2D eigenvalue weighted by Crippen LogP contribution is -2.54. The van der Waals surface area contributed by atoms with Crippen LogP contribution in [0.25, 0.3) is 0 Å². The fourth-order valence-corrected chi connectivity index (χ4v) is 2.84. The molecule has 1 aliphatic heterocycles. The smallest absolute Gasteiger partial charge is 0.138 e. The second kappa shape index (κ2) is 4.78. The molecule has 0 aromatic carbocycles. The van der Waals surface area contributed by atoms with Crippen molar-refractivity contribution in [3.63, 3.8) is 0 Å². The Balaban J connectivity index is 2.21. The molecule has 96 valence electrons. The number of nitrogens with one attached hydrogen (secondary N) is 1. The SMILES string of the molecule is Cc1noc(C)c1C(C)N1CC(C)NCC1C. The zero-order chi connectivity index (χ0) is 12.6. The molecule has 1 aliphatic rings. The van der Waals surface area contributed by atoms with Gasteiger partial charge in [0.2, 0.25) is 0 Å². The van der Waals surface area contributed by atoms with Gasteiger partial charge in [-0.05, 0) is 34.6 Å². The molecule has 0 bridgehead atoms. The van der Waals surface area contributed by atoms with E-state index in [2.05, 4.69) is 36.1 Å². The average Bonchev–Trinajstić information content (AvgIpc) is 2.61. The number of rotatable bonds is 2. The van der Waals surface area contributed by atoms with Crippen molar-refractivity contribution in [1.82, 2.24) is 15.4 Å². The van der Waals surface area contributed by atoms with Crippen LogP contribution in [-0.2, 0) is 0 Å². The van der Waals surface area contributed by atoms with Gasteiger partial charge in [0.25, 0.3) is 0 Å². The van der Waals surface area contributed by atoms with Crippen molar-refractivity contribution in [3.8, 4) is 0 Å². The summed E-state index contributed by atoms with van der Waals surface area (Å²) in [4.78, 5) is 2.54. The molecule has 0 radical (unpaired) electrons. The molecule has 0 spiro atoms. The minimum atomic E-state index is 0.376. The first-order valence-corrected chi connectivity index (χ1v) is 6.42. The molecule has 0 aliphatic carbocycles. The average molecular weight is 237 g/mol. The third-order valence-corrected chi connectivity index (χ3v) is 3.82. The molecule has 4 heteroatoms. The zero-order valence-electron chi connectivity index (χ0n) is 11.4. The summed E-state index contributed by atoms with van der Waals surface area (Å²) in [5.74, 6) is 0.952. The van der Waals surface area contributed by atoms with Crippen LogP contribution in [0.5, 0.6) is 0 Å². The fraction of sp³-hybridized carbons (Fsp3) is 0.769. The Labute approximate surface area is 103 Å². The summed E-state index contributed by atoms with van der Waals surface area (Å²) in [6.45, 7) is 12.9. The standard InChI is InChI=1S/C13H23N3O/c1-8-7-16(9(2)6-14-8)11(4)13-10(3)15-17-12(13)5/h8-9,11,14H,6-7H2,1-5H3. The van der Waals surface area contributed by atoms with E-state index in [-0.39, 0.29) is 0 Å². The molecule has 0 amide bonds. The number of hydrogen-bond acceptors (Lipinski definition) is 4. The summed E-state index contributed by atoms with van der Waals surface area (Å²) in [7, 11) is 0. The van der Waals surface area contributed by atoms with Crippen molar-refractivity contribution in [3.05, 3.63) is 17.0 Å². The van der Waals surface area contributed by atoms with E-state index < -0.39 is 0 Å². The van der Waals surface area contributed by atoms with Crippen LogP contribution >= 0.6 is 0 Å². The lowest BCUT2D eigenvalue weighted by molar-refractivity contribution is 0.102. The molecule has 1 saturated heterocycles. The molecule has 4 nitrogen and oxygen atoms in total.